The third-order valence-corrected chi connectivity index (χ3v) is 3.76. The van der Waals surface area contributed by atoms with Crippen LogP contribution < -0.4 is 10.0 Å². The van der Waals surface area contributed by atoms with Gasteiger partial charge in [0.15, 0.2) is 0 Å². The van der Waals surface area contributed by atoms with Gasteiger partial charge in [-0.3, -0.25) is 0 Å². The Kier molecular flexibility index (Phi) is 5.68. The second kappa shape index (κ2) is 6.65. The molecule has 20 heavy (non-hydrogen) atoms. The molecule has 1 rings (SSSR count). The van der Waals surface area contributed by atoms with Gasteiger partial charge in [-0.05, 0) is 38.8 Å². The number of sulfonamides is 1. The maximum absolute atomic E-state index is 13.5. The summed E-state index contributed by atoms with van der Waals surface area (Å²) >= 11 is 0. The molecule has 0 aliphatic heterocycles. The van der Waals surface area contributed by atoms with Gasteiger partial charge in [0.05, 0.1) is 6.26 Å². The molecular formula is C14H23FN2O2S. The second-order valence-electron chi connectivity index (χ2n) is 5.84. The summed E-state index contributed by atoms with van der Waals surface area (Å²) < 4.78 is 38.6. The summed E-state index contributed by atoms with van der Waals surface area (Å²) in [7, 11) is -3.25. The molecule has 0 heterocycles. The lowest BCUT2D eigenvalue weighted by atomic mass is 10.0. The van der Waals surface area contributed by atoms with Gasteiger partial charge in [0.25, 0.3) is 0 Å². The van der Waals surface area contributed by atoms with Crippen molar-refractivity contribution in [1.82, 2.24) is 10.0 Å². The standard InChI is InChI=1S/C14H23FN2O2S/c1-11(9-12-7-5-6-8-13(12)15)16-10-14(2,3)17-20(4,18)19/h5-8,11,16-17H,9-10H2,1-4H3. The first kappa shape index (κ1) is 17.1. The highest BCUT2D eigenvalue weighted by Crippen LogP contribution is 2.10. The molecule has 0 aliphatic rings. The van der Waals surface area contributed by atoms with Crippen LogP contribution in [0.4, 0.5) is 4.39 Å². The van der Waals surface area contributed by atoms with Gasteiger partial charge in [0.2, 0.25) is 10.0 Å². The molecule has 0 amide bonds. The third kappa shape index (κ3) is 6.45. The van der Waals surface area contributed by atoms with Crippen molar-refractivity contribution in [2.75, 3.05) is 12.8 Å². The van der Waals surface area contributed by atoms with Crippen molar-refractivity contribution in [3.63, 3.8) is 0 Å². The summed E-state index contributed by atoms with van der Waals surface area (Å²) in [6.45, 7) is 6.02. The first-order valence-electron chi connectivity index (χ1n) is 6.55. The van der Waals surface area contributed by atoms with Crippen molar-refractivity contribution < 1.29 is 12.8 Å². The van der Waals surface area contributed by atoms with E-state index in [9.17, 15) is 12.8 Å². The molecule has 0 bridgehead atoms. The fourth-order valence-electron chi connectivity index (χ4n) is 2.03. The molecule has 0 fully saturated rings. The van der Waals surface area contributed by atoms with Gasteiger partial charge in [-0.1, -0.05) is 18.2 Å². The predicted octanol–water partition coefficient (Wildman–Crippen LogP) is 1.67. The van der Waals surface area contributed by atoms with Gasteiger partial charge >= 0.3 is 0 Å². The van der Waals surface area contributed by atoms with Gasteiger partial charge in [0, 0.05) is 18.1 Å². The van der Waals surface area contributed by atoms with E-state index in [0.29, 0.717) is 18.5 Å². The third-order valence-electron chi connectivity index (χ3n) is 2.84. The highest BCUT2D eigenvalue weighted by atomic mass is 32.2. The van der Waals surface area contributed by atoms with Crippen molar-refractivity contribution in [2.24, 2.45) is 0 Å². The maximum Gasteiger partial charge on any atom is 0.209 e. The number of nitrogens with one attached hydrogen (secondary N) is 2. The minimum Gasteiger partial charge on any atom is -0.312 e. The second-order valence-corrected chi connectivity index (χ2v) is 7.58. The molecule has 1 unspecified atom stereocenters. The number of hydrogen-bond donors (Lipinski definition) is 2. The molecule has 0 radical (unpaired) electrons. The first-order valence-corrected chi connectivity index (χ1v) is 8.44. The predicted molar refractivity (Wildman–Crippen MR) is 79.6 cm³/mol. The van der Waals surface area contributed by atoms with E-state index in [-0.39, 0.29) is 11.9 Å². The van der Waals surface area contributed by atoms with Crippen molar-refractivity contribution >= 4 is 10.0 Å². The molecule has 0 saturated heterocycles. The van der Waals surface area contributed by atoms with Crippen LogP contribution in [0, 0.1) is 5.82 Å². The Balaban J connectivity index is 2.51. The van der Waals surface area contributed by atoms with Crippen molar-refractivity contribution in [1.29, 1.82) is 0 Å². The summed E-state index contributed by atoms with van der Waals surface area (Å²) in [5, 5.41) is 3.23. The lowest BCUT2D eigenvalue weighted by Gasteiger charge is -2.27. The number of benzene rings is 1. The van der Waals surface area contributed by atoms with Gasteiger partial charge in [-0.25, -0.2) is 17.5 Å². The summed E-state index contributed by atoms with van der Waals surface area (Å²) in [5.41, 5.74) is 0.0678. The van der Waals surface area contributed by atoms with Crippen molar-refractivity contribution in [2.45, 2.75) is 38.8 Å². The Hall–Kier alpha value is -0.980. The molecule has 1 aromatic carbocycles. The molecule has 114 valence electrons. The summed E-state index contributed by atoms with van der Waals surface area (Å²) in [5.74, 6) is -0.213. The number of rotatable bonds is 7. The Labute approximate surface area is 120 Å². The molecule has 0 saturated carbocycles. The lowest BCUT2D eigenvalue weighted by molar-refractivity contribution is 0.393. The minimum absolute atomic E-state index is 0.0486. The van der Waals surface area contributed by atoms with E-state index in [1.54, 1.807) is 32.0 Å². The number of hydrogen-bond acceptors (Lipinski definition) is 3. The van der Waals surface area contributed by atoms with E-state index in [2.05, 4.69) is 10.0 Å². The van der Waals surface area contributed by atoms with Gasteiger partial charge in [-0.2, -0.15) is 0 Å². The molecule has 4 nitrogen and oxygen atoms in total. The van der Waals surface area contributed by atoms with E-state index in [0.717, 1.165) is 6.26 Å². The van der Waals surface area contributed by atoms with Crippen LogP contribution in [0.2, 0.25) is 0 Å². The largest absolute Gasteiger partial charge is 0.312 e. The van der Waals surface area contributed by atoms with Crippen LogP contribution in [0.25, 0.3) is 0 Å². The van der Waals surface area contributed by atoms with Crippen molar-refractivity contribution in [3.8, 4) is 0 Å². The van der Waals surface area contributed by atoms with Gasteiger partial charge in [0.1, 0.15) is 5.82 Å². The fraction of sp³-hybridized carbons (Fsp3) is 0.571. The Bertz CT molecular complexity index is 544. The van der Waals surface area contributed by atoms with Crippen LogP contribution >= 0.6 is 0 Å². The normalized spacial score (nSPS) is 14.2. The summed E-state index contributed by atoms with van der Waals surface area (Å²) in [4.78, 5) is 0. The van der Waals surface area contributed by atoms with Crippen LogP contribution in [-0.4, -0.2) is 32.8 Å². The molecule has 1 aromatic rings. The van der Waals surface area contributed by atoms with Crippen LogP contribution in [-0.2, 0) is 16.4 Å². The number of halogens is 1. The molecule has 0 spiro atoms. The average Bonchev–Trinajstić information content (AvgIpc) is 2.27. The molecule has 0 aromatic heterocycles. The van der Waals surface area contributed by atoms with Crippen LogP contribution in [0.5, 0.6) is 0 Å². The zero-order chi connectivity index (χ0) is 15.4. The van der Waals surface area contributed by atoms with Crippen molar-refractivity contribution in [3.05, 3.63) is 35.6 Å². The summed E-state index contributed by atoms with van der Waals surface area (Å²) in [6.07, 6.45) is 1.69. The smallest absolute Gasteiger partial charge is 0.209 e. The fourth-order valence-corrected chi connectivity index (χ4v) is 3.11. The zero-order valence-electron chi connectivity index (χ0n) is 12.4. The molecular weight excluding hydrogens is 279 g/mol. The lowest BCUT2D eigenvalue weighted by Crippen LogP contribution is -2.51. The zero-order valence-corrected chi connectivity index (χ0v) is 13.2. The van der Waals surface area contributed by atoms with Crippen LogP contribution in [0.1, 0.15) is 26.3 Å². The topological polar surface area (TPSA) is 58.2 Å². The van der Waals surface area contributed by atoms with E-state index >= 15 is 0 Å². The Morgan fingerprint density at radius 2 is 1.90 bits per heavy atom. The monoisotopic (exact) mass is 302 g/mol. The van der Waals surface area contributed by atoms with E-state index < -0.39 is 15.6 Å². The average molecular weight is 302 g/mol. The first-order chi connectivity index (χ1) is 9.09. The molecule has 1 atom stereocenters. The van der Waals surface area contributed by atoms with Crippen LogP contribution in [0.15, 0.2) is 24.3 Å². The molecule has 0 aliphatic carbocycles. The summed E-state index contributed by atoms with van der Waals surface area (Å²) in [6, 6.07) is 6.72. The maximum atomic E-state index is 13.5. The highest BCUT2D eigenvalue weighted by molar-refractivity contribution is 7.88. The van der Waals surface area contributed by atoms with Crippen LogP contribution in [0.3, 0.4) is 0 Å². The Morgan fingerprint density at radius 1 is 1.30 bits per heavy atom. The van der Waals surface area contributed by atoms with Gasteiger partial charge < -0.3 is 5.32 Å². The SMILES string of the molecule is CC(Cc1ccccc1F)NCC(C)(C)NS(C)(=O)=O. The highest BCUT2D eigenvalue weighted by Gasteiger charge is 2.22. The van der Waals surface area contributed by atoms with Gasteiger partial charge in [-0.15, -0.1) is 0 Å². The quantitative estimate of drug-likeness (QED) is 0.805. The minimum atomic E-state index is -3.25. The molecule has 2 N–H and O–H groups in total. The Morgan fingerprint density at radius 3 is 2.45 bits per heavy atom. The van der Waals surface area contributed by atoms with E-state index in [1.165, 1.54) is 6.07 Å². The van der Waals surface area contributed by atoms with E-state index in [1.807, 2.05) is 6.92 Å². The molecule has 6 heteroatoms. The van der Waals surface area contributed by atoms with E-state index in [4.69, 9.17) is 0 Å².